The topological polar surface area (TPSA) is 0 Å². The highest BCUT2D eigenvalue weighted by Gasteiger charge is 2.24. The molecule has 0 nitrogen and oxygen atoms in total. The Bertz CT molecular complexity index is 716. The van der Waals surface area contributed by atoms with Crippen molar-refractivity contribution in [3.05, 3.63) is 34.9 Å². The second kappa shape index (κ2) is 20.2. The Labute approximate surface area is 245 Å². The second-order valence-electron chi connectivity index (χ2n) is 14.2. The molecule has 0 bridgehead atoms. The number of hydrogen-bond acceptors (Lipinski definition) is 0. The lowest BCUT2D eigenvalue weighted by atomic mass is 9.75. The van der Waals surface area contributed by atoms with E-state index in [-0.39, 0.29) is 0 Å². The monoisotopic (exact) mass is 537 g/mol. The third-order valence-electron chi connectivity index (χ3n) is 10.9. The van der Waals surface area contributed by atoms with Crippen molar-refractivity contribution >= 4 is 0 Å². The molecule has 39 heavy (non-hydrogen) atoms. The van der Waals surface area contributed by atoms with Crippen LogP contribution in [0.2, 0.25) is 0 Å². The molecular weight excluding hydrogens is 468 g/mol. The van der Waals surface area contributed by atoms with Gasteiger partial charge in [-0.05, 0) is 85.8 Å². The Balaban J connectivity index is 1.26. The predicted octanol–water partition coefficient (Wildman–Crippen LogP) is 13.3. The Kier molecular flexibility index (Phi) is 16.9. The molecule has 0 heterocycles. The summed E-state index contributed by atoms with van der Waals surface area (Å²) in [6, 6.07) is 7.59. The minimum absolute atomic E-state index is 0.830. The summed E-state index contributed by atoms with van der Waals surface area (Å²) in [6.07, 6.45) is 38.0. The Morgan fingerprint density at radius 2 is 0.949 bits per heavy atom. The highest BCUT2D eigenvalue weighted by Crippen LogP contribution is 2.39. The van der Waals surface area contributed by atoms with Gasteiger partial charge in [0, 0.05) is 0 Å². The third-order valence-corrected chi connectivity index (χ3v) is 10.9. The highest BCUT2D eigenvalue weighted by molar-refractivity contribution is 5.34. The van der Waals surface area contributed by atoms with E-state index in [1.807, 2.05) is 0 Å². The fraction of sp³-hybridized carbons (Fsp3) is 0.846. The van der Waals surface area contributed by atoms with Crippen molar-refractivity contribution in [2.24, 2.45) is 17.8 Å². The van der Waals surface area contributed by atoms with Crippen molar-refractivity contribution in [1.29, 1.82) is 0 Å². The maximum absolute atomic E-state index is 2.56. The van der Waals surface area contributed by atoms with Crippen molar-refractivity contribution in [3.63, 3.8) is 0 Å². The van der Waals surface area contributed by atoms with Gasteiger partial charge in [0.2, 0.25) is 0 Å². The zero-order valence-corrected chi connectivity index (χ0v) is 26.9. The van der Waals surface area contributed by atoms with E-state index in [1.165, 1.54) is 167 Å². The van der Waals surface area contributed by atoms with Crippen molar-refractivity contribution in [2.75, 3.05) is 0 Å². The molecular formula is C39H68. The van der Waals surface area contributed by atoms with Gasteiger partial charge in [-0.3, -0.25) is 0 Å². The van der Waals surface area contributed by atoms with Gasteiger partial charge in [0.1, 0.15) is 0 Å². The molecule has 0 N–H and O–H groups in total. The SMILES string of the molecule is CCCCCCCCC[C@H]1CC[C@H](CCc2ccc([C@H]3CC[C@H](CCCCCCCCC)CC3)c(C)c2)CC1. The Hall–Kier alpha value is -0.780. The summed E-state index contributed by atoms with van der Waals surface area (Å²) in [7, 11) is 0. The lowest BCUT2D eigenvalue weighted by Crippen LogP contribution is -2.15. The molecule has 224 valence electrons. The molecule has 1 aromatic rings. The van der Waals surface area contributed by atoms with Gasteiger partial charge >= 0.3 is 0 Å². The van der Waals surface area contributed by atoms with Crippen molar-refractivity contribution in [2.45, 2.75) is 194 Å². The molecule has 0 radical (unpaired) electrons. The molecule has 0 spiro atoms. The van der Waals surface area contributed by atoms with Crippen LogP contribution in [0.5, 0.6) is 0 Å². The average molecular weight is 537 g/mol. The third kappa shape index (κ3) is 13.2. The van der Waals surface area contributed by atoms with Gasteiger partial charge in [0.15, 0.2) is 0 Å². The molecule has 2 aliphatic carbocycles. The molecule has 0 aliphatic heterocycles. The summed E-state index contributed by atoms with van der Waals surface area (Å²) in [5.74, 6) is 3.88. The maximum atomic E-state index is 2.56. The Morgan fingerprint density at radius 3 is 1.44 bits per heavy atom. The molecule has 0 amide bonds. The zero-order chi connectivity index (χ0) is 27.5. The molecule has 1 aromatic carbocycles. The highest BCUT2D eigenvalue weighted by atomic mass is 14.3. The number of rotatable bonds is 20. The summed E-state index contributed by atoms with van der Waals surface area (Å²) in [4.78, 5) is 0. The first-order valence-corrected chi connectivity index (χ1v) is 18.3. The zero-order valence-electron chi connectivity index (χ0n) is 26.9. The van der Waals surface area contributed by atoms with Crippen LogP contribution in [-0.2, 0) is 6.42 Å². The van der Waals surface area contributed by atoms with Crippen LogP contribution in [0.25, 0.3) is 0 Å². The van der Waals surface area contributed by atoms with E-state index in [9.17, 15) is 0 Å². The number of benzene rings is 1. The molecule has 3 rings (SSSR count). The van der Waals surface area contributed by atoms with E-state index >= 15 is 0 Å². The fourth-order valence-electron chi connectivity index (χ4n) is 8.07. The summed E-state index contributed by atoms with van der Waals surface area (Å²) in [5.41, 5.74) is 4.87. The summed E-state index contributed by atoms with van der Waals surface area (Å²) < 4.78 is 0. The molecule has 0 unspecified atom stereocenters. The first-order valence-electron chi connectivity index (χ1n) is 18.3. The van der Waals surface area contributed by atoms with Gasteiger partial charge in [-0.15, -0.1) is 0 Å². The lowest BCUT2D eigenvalue weighted by molar-refractivity contribution is 0.248. The van der Waals surface area contributed by atoms with Crippen LogP contribution in [-0.4, -0.2) is 0 Å². The van der Waals surface area contributed by atoms with Crippen molar-refractivity contribution < 1.29 is 0 Å². The molecule has 0 saturated heterocycles. The van der Waals surface area contributed by atoms with Crippen molar-refractivity contribution in [3.8, 4) is 0 Å². The smallest absolute Gasteiger partial charge is 0.0159 e. The van der Waals surface area contributed by atoms with Crippen LogP contribution in [0.4, 0.5) is 0 Å². The molecule has 2 fully saturated rings. The molecule has 2 saturated carbocycles. The predicted molar refractivity (Wildman–Crippen MR) is 175 cm³/mol. The van der Waals surface area contributed by atoms with E-state index in [0.29, 0.717) is 0 Å². The van der Waals surface area contributed by atoms with Gasteiger partial charge in [-0.25, -0.2) is 0 Å². The van der Waals surface area contributed by atoms with Gasteiger partial charge in [-0.2, -0.15) is 0 Å². The first kappa shape index (κ1) is 32.7. The number of hydrogen-bond donors (Lipinski definition) is 0. The van der Waals surface area contributed by atoms with Gasteiger partial charge in [0.25, 0.3) is 0 Å². The standard InChI is InChI=1S/C39H68/c1-4-6-8-10-12-14-16-18-34-20-22-36(23-21-34)24-25-37-28-31-39(33(3)32-37)38-29-26-35(27-30-38)19-17-15-13-11-9-7-5-2/h28,31-32,34-36,38H,4-27,29-30H2,1-3H3/t34-,35-,36-,38-. The normalized spacial score (nSPS) is 23.8. The minimum atomic E-state index is 0.830. The van der Waals surface area contributed by atoms with Crippen LogP contribution >= 0.6 is 0 Å². The van der Waals surface area contributed by atoms with Crippen LogP contribution in [0.3, 0.4) is 0 Å². The summed E-state index contributed by atoms with van der Waals surface area (Å²) in [6.45, 7) is 7.03. The molecule has 0 heteroatoms. The largest absolute Gasteiger partial charge is 0.0654 e. The molecule has 2 aliphatic rings. The maximum Gasteiger partial charge on any atom is -0.0159 e. The Morgan fingerprint density at radius 1 is 0.513 bits per heavy atom. The van der Waals surface area contributed by atoms with E-state index in [2.05, 4.69) is 39.0 Å². The van der Waals surface area contributed by atoms with E-state index in [4.69, 9.17) is 0 Å². The van der Waals surface area contributed by atoms with Crippen LogP contribution in [0, 0.1) is 24.7 Å². The minimum Gasteiger partial charge on any atom is -0.0654 e. The van der Waals surface area contributed by atoms with Gasteiger partial charge in [0.05, 0.1) is 0 Å². The van der Waals surface area contributed by atoms with Gasteiger partial charge in [-0.1, -0.05) is 160 Å². The fourth-order valence-corrected chi connectivity index (χ4v) is 8.07. The second-order valence-corrected chi connectivity index (χ2v) is 14.2. The van der Waals surface area contributed by atoms with E-state index in [1.54, 1.807) is 16.7 Å². The summed E-state index contributed by atoms with van der Waals surface area (Å²) >= 11 is 0. The number of unbranched alkanes of at least 4 members (excludes halogenated alkanes) is 12. The number of aryl methyl sites for hydroxylation is 2. The quantitative estimate of drug-likeness (QED) is 0.145. The van der Waals surface area contributed by atoms with Gasteiger partial charge < -0.3 is 0 Å². The van der Waals surface area contributed by atoms with Crippen LogP contribution in [0.15, 0.2) is 18.2 Å². The van der Waals surface area contributed by atoms with Crippen molar-refractivity contribution in [1.82, 2.24) is 0 Å². The molecule has 0 aromatic heterocycles. The first-order chi connectivity index (χ1) is 19.2. The summed E-state index contributed by atoms with van der Waals surface area (Å²) in [5, 5.41) is 0. The van der Waals surface area contributed by atoms with Crippen LogP contribution < -0.4 is 0 Å². The van der Waals surface area contributed by atoms with E-state index < -0.39 is 0 Å². The van der Waals surface area contributed by atoms with Crippen LogP contribution in [0.1, 0.15) is 197 Å². The van der Waals surface area contributed by atoms with E-state index in [0.717, 1.165) is 23.7 Å². The molecule has 0 atom stereocenters. The lowest BCUT2D eigenvalue weighted by Gasteiger charge is -2.30. The average Bonchev–Trinajstić information content (AvgIpc) is 2.96.